The lowest BCUT2D eigenvalue weighted by Gasteiger charge is -2.07. The van der Waals surface area contributed by atoms with E-state index in [0.717, 1.165) is 27.9 Å². The largest absolute Gasteiger partial charge is 0.497 e. The van der Waals surface area contributed by atoms with E-state index >= 15 is 0 Å². The van der Waals surface area contributed by atoms with Crippen LogP contribution in [0.4, 0.5) is 10.5 Å². The van der Waals surface area contributed by atoms with Gasteiger partial charge in [-0.05, 0) is 35.9 Å². The molecular weight excluding hydrogens is 290 g/mol. The number of urea groups is 1. The highest BCUT2D eigenvalue weighted by Crippen LogP contribution is 2.25. The molecule has 3 rings (SSSR count). The summed E-state index contributed by atoms with van der Waals surface area (Å²) in [6.07, 6.45) is 2.02. The molecule has 1 heterocycles. The molecule has 0 aliphatic rings. The second-order valence-corrected chi connectivity index (χ2v) is 5.32. The van der Waals surface area contributed by atoms with Gasteiger partial charge in [0.15, 0.2) is 0 Å². The van der Waals surface area contributed by atoms with E-state index in [2.05, 4.69) is 10.6 Å². The monoisotopic (exact) mass is 309 g/mol. The van der Waals surface area contributed by atoms with E-state index in [1.54, 1.807) is 7.11 Å². The first-order chi connectivity index (χ1) is 11.2. The van der Waals surface area contributed by atoms with Gasteiger partial charge in [-0.3, -0.25) is 0 Å². The number of rotatable bonds is 4. The van der Waals surface area contributed by atoms with Crippen LogP contribution in [0.15, 0.2) is 54.7 Å². The molecule has 0 saturated carbocycles. The summed E-state index contributed by atoms with van der Waals surface area (Å²) < 4.78 is 7.32. The van der Waals surface area contributed by atoms with Crippen molar-refractivity contribution in [3.05, 3.63) is 60.3 Å². The SMILES string of the molecule is COc1ccc2c(c1)c(CNC(=O)Nc1ccccc1)cn2C. The van der Waals surface area contributed by atoms with E-state index in [1.807, 2.05) is 66.3 Å². The van der Waals surface area contributed by atoms with Crippen LogP contribution in [0.1, 0.15) is 5.56 Å². The van der Waals surface area contributed by atoms with E-state index in [4.69, 9.17) is 4.74 Å². The fourth-order valence-electron chi connectivity index (χ4n) is 2.59. The van der Waals surface area contributed by atoms with Gasteiger partial charge in [0, 0.05) is 36.4 Å². The second-order valence-electron chi connectivity index (χ2n) is 5.32. The molecular formula is C18H19N3O2. The number of fused-ring (bicyclic) bond motifs is 1. The standard InChI is InChI=1S/C18H19N3O2/c1-21-12-13(16-10-15(23-2)8-9-17(16)21)11-19-18(22)20-14-6-4-3-5-7-14/h3-10,12H,11H2,1-2H3,(H2,19,20,22). The zero-order valence-electron chi connectivity index (χ0n) is 13.2. The van der Waals surface area contributed by atoms with E-state index < -0.39 is 0 Å². The van der Waals surface area contributed by atoms with Crippen LogP contribution in [0, 0.1) is 0 Å². The van der Waals surface area contributed by atoms with Crippen LogP contribution in [0.3, 0.4) is 0 Å². The third-order valence-corrected chi connectivity index (χ3v) is 3.75. The maximum Gasteiger partial charge on any atom is 0.319 e. The van der Waals surface area contributed by atoms with E-state index in [9.17, 15) is 4.79 Å². The number of hydrogen-bond donors (Lipinski definition) is 2. The summed E-state index contributed by atoms with van der Waals surface area (Å²) in [4.78, 5) is 12.0. The number of amides is 2. The summed E-state index contributed by atoms with van der Waals surface area (Å²) in [5.41, 5.74) is 2.92. The summed E-state index contributed by atoms with van der Waals surface area (Å²) in [5.74, 6) is 0.804. The molecule has 5 nitrogen and oxygen atoms in total. The molecule has 2 N–H and O–H groups in total. The van der Waals surface area contributed by atoms with Gasteiger partial charge in [-0.25, -0.2) is 4.79 Å². The van der Waals surface area contributed by atoms with Gasteiger partial charge < -0.3 is 19.9 Å². The fourth-order valence-corrected chi connectivity index (χ4v) is 2.59. The van der Waals surface area contributed by atoms with Crippen molar-refractivity contribution in [2.24, 2.45) is 7.05 Å². The number of nitrogens with one attached hydrogen (secondary N) is 2. The Balaban J connectivity index is 1.73. The van der Waals surface area contributed by atoms with Crippen LogP contribution in [0.2, 0.25) is 0 Å². The number of carbonyl (C=O) groups is 1. The fraction of sp³-hybridized carbons (Fsp3) is 0.167. The van der Waals surface area contributed by atoms with Gasteiger partial charge in [0.05, 0.1) is 7.11 Å². The van der Waals surface area contributed by atoms with E-state index in [1.165, 1.54) is 0 Å². The molecule has 3 aromatic rings. The molecule has 0 bridgehead atoms. The number of ether oxygens (including phenoxy) is 1. The van der Waals surface area contributed by atoms with Gasteiger partial charge in [0.1, 0.15) is 5.75 Å². The highest BCUT2D eigenvalue weighted by atomic mass is 16.5. The Morgan fingerprint density at radius 3 is 2.70 bits per heavy atom. The minimum Gasteiger partial charge on any atom is -0.497 e. The van der Waals surface area contributed by atoms with Crippen molar-refractivity contribution >= 4 is 22.6 Å². The number of aryl methyl sites for hydroxylation is 1. The first-order valence-electron chi connectivity index (χ1n) is 7.39. The summed E-state index contributed by atoms with van der Waals surface area (Å²) in [5, 5.41) is 6.77. The predicted octanol–water partition coefficient (Wildman–Crippen LogP) is 3.51. The molecule has 0 radical (unpaired) electrons. The zero-order valence-corrected chi connectivity index (χ0v) is 13.2. The first-order valence-corrected chi connectivity index (χ1v) is 7.39. The Bertz CT molecular complexity index is 825. The van der Waals surface area contributed by atoms with Gasteiger partial charge in [-0.15, -0.1) is 0 Å². The Labute approximate surface area is 134 Å². The number of hydrogen-bond acceptors (Lipinski definition) is 2. The first kappa shape index (κ1) is 15.0. The lowest BCUT2D eigenvalue weighted by atomic mass is 10.1. The van der Waals surface area contributed by atoms with Crippen LogP contribution in [-0.2, 0) is 13.6 Å². The average molecular weight is 309 g/mol. The van der Waals surface area contributed by atoms with Crippen molar-refractivity contribution < 1.29 is 9.53 Å². The zero-order chi connectivity index (χ0) is 16.2. The normalized spacial score (nSPS) is 10.5. The van der Waals surface area contributed by atoms with Crippen LogP contribution in [0.5, 0.6) is 5.75 Å². The molecule has 1 aromatic heterocycles. The molecule has 2 amide bonds. The Hall–Kier alpha value is -2.95. The van der Waals surface area contributed by atoms with Crippen LogP contribution in [0.25, 0.3) is 10.9 Å². The number of anilines is 1. The Morgan fingerprint density at radius 1 is 1.17 bits per heavy atom. The second kappa shape index (κ2) is 6.44. The van der Waals surface area contributed by atoms with Gasteiger partial charge in [-0.1, -0.05) is 18.2 Å². The highest BCUT2D eigenvalue weighted by Gasteiger charge is 2.09. The lowest BCUT2D eigenvalue weighted by molar-refractivity contribution is 0.252. The maximum atomic E-state index is 12.0. The molecule has 0 saturated heterocycles. The number of aromatic nitrogens is 1. The van der Waals surface area contributed by atoms with Crippen molar-refractivity contribution in [1.82, 2.24) is 9.88 Å². The maximum absolute atomic E-state index is 12.0. The molecule has 2 aromatic carbocycles. The predicted molar refractivity (Wildman–Crippen MR) is 91.8 cm³/mol. The smallest absolute Gasteiger partial charge is 0.319 e. The van der Waals surface area contributed by atoms with Crippen molar-refractivity contribution in [1.29, 1.82) is 0 Å². The van der Waals surface area contributed by atoms with Crippen molar-refractivity contribution in [2.75, 3.05) is 12.4 Å². The highest BCUT2D eigenvalue weighted by molar-refractivity contribution is 5.90. The van der Waals surface area contributed by atoms with Gasteiger partial charge >= 0.3 is 6.03 Å². The molecule has 0 spiro atoms. The van der Waals surface area contributed by atoms with Crippen LogP contribution in [-0.4, -0.2) is 17.7 Å². The van der Waals surface area contributed by atoms with Gasteiger partial charge in [-0.2, -0.15) is 0 Å². The number of methoxy groups -OCH3 is 1. The molecule has 23 heavy (non-hydrogen) atoms. The molecule has 5 heteroatoms. The summed E-state index contributed by atoms with van der Waals surface area (Å²) in [6.45, 7) is 0.448. The van der Waals surface area contributed by atoms with Crippen molar-refractivity contribution in [3.8, 4) is 5.75 Å². The lowest BCUT2D eigenvalue weighted by Crippen LogP contribution is -2.28. The van der Waals surface area contributed by atoms with Gasteiger partial charge in [0.25, 0.3) is 0 Å². The summed E-state index contributed by atoms with van der Waals surface area (Å²) >= 11 is 0. The summed E-state index contributed by atoms with van der Waals surface area (Å²) in [6, 6.07) is 15.1. The third kappa shape index (κ3) is 3.29. The molecule has 0 aliphatic carbocycles. The molecule has 0 atom stereocenters. The van der Waals surface area contributed by atoms with Crippen LogP contribution < -0.4 is 15.4 Å². The minimum absolute atomic E-state index is 0.226. The molecule has 0 fully saturated rings. The average Bonchev–Trinajstić information content (AvgIpc) is 2.89. The van der Waals surface area contributed by atoms with Crippen molar-refractivity contribution in [2.45, 2.75) is 6.54 Å². The van der Waals surface area contributed by atoms with E-state index in [-0.39, 0.29) is 6.03 Å². The van der Waals surface area contributed by atoms with Crippen LogP contribution >= 0.6 is 0 Å². The number of nitrogens with zero attached hydrogens (tertiary/aromatic N) is 1. The van der Waals surface area contributed by atoms with Crippen molar-refractivity contribution in [3.63, 3.8) is 0 Å². The minimum atomic E-state index is -0.226. The quantitative estimate of drug-likeness (QED) is 0.775. The molecule has 0 aliphatic heterocycles. The number of para-hydroxylation sites is 1. The number of carbonyl (C=O) groups excluding carboxylic acids is 1. The Morgan fingerprint density at radius 2 is 1.96 bits per heavy atom. The Kier molecular flexibility index (Phi) is 4.19. The van der Waals surface area contributed by atoms with E-state index in [0.29, 0.717) is 6.54 Å². The number of benzene rings is 2. The topological polar surface area (TPSA) is 55.3 Å². The molecule has 118 valence electrons. The van der Waals surface area contributed by atoms with Gasteiger partial charge in [0.2, 0.25) is 0 Å². The summed E-state index contributed by atoms with van der Waals surface area (Å²) in [7, 11) is 3.64. The third-order valence-electron chi connectivity index (χ3n) is 3.75. The molecule has 0 unspecified atom stereocenters.